The van der Waals surface area contributed by atoms with Crippen molar-refractivity contribution >= 4 is 74.8 Å². The highest BCUT2D eigenvalue weighted by molar-refractivity contribution is 7.26. The smallest absolute Gasteiger partial charge is 0.136 e. The SMILES string of the molecule is c1ccc(-c2cc3c(ccc4c3sc3cccc(-c5c6ccccc6c(-c6ccc7ccccc7c6)c6ccccc56)c34)o2)cc1. The van der Waals surface area contributed by atoms with Crippen LogP contribution in [0.15, 0.2) is 162 Å². The molecular weight excluding hydrogens is 577 g/mol. The summed E-state index contributed by atoms with van der Waals surface area (Å²) < 4.78 is 8.93. The molecule has 2 heteroatoms. The Hall–Kier alpha value is -5.70. The molecule has 2 heterocycles. The molecule has 0 fully saturated rings. The van der Waals surface area contributed by atoms with Gasteiger partial charge in [0.2, 0.25) is 0 Å². The van der Waals surface area contributed by atoms with Gasteiger partial charge < -0.3 is 4.42 Å². The van der Waals surface area contributed by atoms with Gasteiger partial charge >= 0.3 is 0 Å². The molecule has 0 spiro atoms. The van der Waals surface area contributed by atoms with Crippen LogP contribution in [-0.4, -0.2) is 0 Å². The molecule has 1 nitrogen and oxygen atoms in total. The lowest BCUT2D eigenvalue weighted by Gasteiger charge is -2.18. The normalized spacial score (nSPS) is 11.9. The van der Waals surface area contributed by atoms with Crippen LogP contribution >= 0.6 is 11.3 Å². The molecule has 2 aromatic heterocycles. The number of hydrogen-bond donors (Lipinski definition) is 0. The van der Waals surface area contributed by atoms with Crippen LogP contribution in [0.5, 0.6) is 0 Å². The molecule has 46 heavy (non-hydrogen) atoms. The third-order valence-corrected chi connectivity index (χ3v) is 10.7. The number of thiophene rings is 1. The molecule has 0 aliphatic rings. The summed E-state index contributed by atoms with van der Waals surface area (Å²) in [7, 11) is 0. The van der Waals surface area contributed by atoms with Gasteiger partial charge in [-0.3, -0.25) is 0 Å². The first-order valence-electron chi connectivity index (χ1n) is 15.7. The van der Waals surface area contributed by atoms with Gasteiger partial charge in [-0.2, -0.15) is 0 Å². The fraction of sp³-hybridized carbons (Fsp3) is 0. The van der Waals surface area contributed by atoms with E-state index in [1.54, 1.807) is 0 Å². The molecule has 10 aromatic rings. The Morgan fingerprint density at radius 2 is 1.09 bits per heavy atom. The maximum absolute atomic E-state index is 6.38. The molecule has 0 unspecified atom stereocenters. The first kappa shape index (κ1) is 25.6. The quantitative estimate of drug-likeness (QED) is 0.183. The van der Waals surface area contributed by atoms with E-state index < -0.39 is 0 Å². The van der Waals surface area contributed by atoms with E-state index in [1.165, 1.54) is 80.1 Å². The highest BCUT2D eigenvalue weighted by atomic mass is 32.1. The topological polar surface area (TPSA) is 13.1 Å². The monoisotopic (exact) mass is 602 g/mol. The molecule has 10 rings (SSSR count). The zero-order chi connectivity index (χ0) is 30.2. The van der Waals surface area contributed by atoms with Crippen LogP contribution in [0.4, 0.5) is 0 Å². The van der Waals surface area contributed by atoms with Gasteiger partial charge in [0, 0.05) is 31.1 Å². The van der Waals surface area contributed by atoms with Crippen LogP contribution in [0.3, 0.4) is 0 Å². The van der Waals surface area contributed by atoms with E-state index >= 15 is 0 Å². The van der Waals surface area contributed by atoms with Crippen molar-refractivity contribution < 1.29 is 4.42 Å². The third-order valence-electron chi connectivity index (χ3n) is 9.46. The molecule has 214 valence electrons. The standard InChI is InChI=1S/C44H26OS/c1-2-12-28(13-3-1)39-26-37-38(45-39)24-23-36-43-35(19-10-20-40(43)46-44(36)37)42-33-17-8-6-15-31(33)41(32-16-7-9-18-34(32)42)30-22-21-27-11-4-5-14-29(27)25-30/h1-26H. The molecule has 8 aromatic carbocycles. The van der Waals surface area contributed by atoms with Gasteiger partial charge in [-0.1, -0.05) is 127 Å². The molecular formula is C44H26OS. The summed E-state index contributed by atoms with van der Waals surface area (Å²) >= 11 is 1.86. The number of fused-ring (bicyclic) bond motifs is 8. The zero-order valence-corrected chi connectivity index (χ0v) is 25.6. The van der Waals surface area contributed by atoms with E-state index in [4.69, 9.17) is 4.42 Å². The van der Waals surface area contributed by atoms with Gasteiger partial charge in [0.1, 0.15) is 11.3 Å². The molecule has 0 radical (unpaired) electrons. The van der Waals surface area contributed by atoms with E-state index in [1.807, 2.05) is 17.4 Å². The Labute approximate surface area is 269 Å². The minimum Gasteiger partial charge on any atom is -0.456 e. The van der Waals surface area contributed by atoms with E-state index in [-0.39, 0.29) is 0 Å². The van der Waals surface area contributed by atoms with Gasteiger partial charge in [0.15, 0.2) is 0 Å². The van der Waals surface area contributed by atoms with Crippen molar-refractivity contribution in [2.45, 2.75) is 0 Å². The van der Waals surface area contributed by atoms with E-state index in [9.17, 15) is 0 Å². The second-order valence-corrected chi connectivity index (χ2v) is 13.1. The lowest BCUT2D eigenvalue weighted by Crippen LogP contribution is -1.91. The predicted molar refractivity (Wildman–Crippen MR) is 198 cm³/mol. The highest BCUT2D eigenvalue weighted by Crippen LogP contribution is 2.49. The summed E-state index contributed by atoms with van der Waals surface area (Å²) in [6.45, 7) is 0. The van der Waals surface area contributed by atoms with Gasteiger partial charge in [-0.25, -0.2) is 0 Å². The van der Waals surface area contributed by atoms with Crippen molar-refractivity contribution in [1.29, 1.82) is 0 Å². The Kier molecular flexibility index (Phi) is 5.51. The molecule has 0 bridgehead atoms. The fourth-order valence-electron chi connectivity index (χ4n) is 7.42. The Morgan fingerprint density at radius 1 is 0.413 bits per heavy atom. The summed E-state index contributed by atoms with van der Waals surface area (Å²) in [5.74, 6) is 0.905. The molecule has 0 aliphatic carbocycles. The van der Waals surface area contributed by atoms with Crippen molar-refractivity contribution in [3.05, 3.63) is 158 Å². The summed E-state index contributed by atoms with van der Waals surface area (Å²) in [4.78, 5) is 0. The number of furan rings is 1. The summed E-state index contributed by atoms with van der Waals surface area (Å²) in [5, 5.41) is 11.4. The molecule has 0 amide bonds. The van der Waals surface area contributed by atoms with Crippen molar-refractivity contribution in [3.63, 3.8) is 0 Å². The predicted octanol–water partition coefficient (Wildman–Crippen LogP) is 13.3. The van der Waals surface area contributed by atoms with Gasteiger partial charge in [0.05, 0.1) is 0 Å². The van der Waals surface area contributed by atoms with Crippen molar-refractivity contribution in [3.8, 4) is 33.6 Å². The Balaban J connectivity index is 1.28. The first-order chi connectivity index (χ1) is 22.8. The van der Waals surface area contributed by atoms with Gasteiger partial charge in [0.25, 0.3) is 0 Å². The van der Waals surface area contributed by atoms with Crippen molar-refractivity contribution in [1.82, 2.24) is 0 Å². The minimum atomic E-state index is 0.905. The maximum atomic E-state index is 6.38. The van der Waals surface area contributed by atoms with Crippen LogP contribution in [0.2, 0.25) is 0 Å². The summed E-state index contributed by atoms with van der Waals surface area (Å²) in [5.41, 5.74) is 7.11. The van der Waals surface area contributed by atoms with Crippen LogP contribution in [0.1, 0.15) is 0 Å². The fourth-order valence-corrected chi connectivity index (χ4v) is 8.66. The number of benzene rings is 8. The summed E-state index contributed by atoms with van der Waals surface area (Å²) in [6, 6.07) is 57.2. The zero-order valence-electron chi connectivity index (χ0n) is 24.8. The summed E-state index contributed by atoms with van der Waals surface area (Å²) in [6.07, 6.45) is 0. The van der Waals surface area contributed by atoms with Crippen molar-refractivity contribution in [2.24, 2.45) is 0 Å². The average molecular weight is 603 g/mol. The number of hydrogen-bond acceptors (Lipinski definition) is 2. The van der Waals surface area contributed by atoms with Gasteiger partial charge in [-0.05, 0) is 84.9 Å². The lowest BCUT2D eigenvalue weighted by molar-refractivity contribution is 0.632. The average Bonchev–Trinajstić information content (AvgIpc) is 3.73. The molecule has 0 aliphatic heterocycles. The number of rotatable bonds is 3. The van der Waals surface area contributed by atoms with Crippen LogP contribution in [-0.2, 0) is 0 Å². The van der Waals surface area contributed by atoms with E-state index in [0.29, 0.717) is 0 Å². The van der Waals surface area contributed by atoms with Crippen molar-refractivity contribution in [2.75, 3.05) is 0 Å². The van der Waals surface area contributed by atoms with E-state index in [0.717, 1.165) is 16.9 Å². The first-order valence-corrected chi connectivity index (χ1v) is 16.5. The molecule has 0 atom stereocenters. The minimum absolute atomic E-state index is 0.905. The second kappa shape index (κ2) is 9.90. The third kappa shape index (κ3) is 3.74. The maximum Gasteiger partial charge on any atom is 0.136 e. The van der Waals surface area contributed by atoms with Crippen LogP contribution in [0, 0.1) is 0 Å². The Bertz CT molecular complexity index is 2740. The van der Waals surface area contributed by atoms with E-state index in [2.05, 4.69) is 152 Å². The Morgan fingerprint density at radius 3 is 1.85 bits per heavy atom. The van der Waals surface area contributed by atoms with Crippen LogP contribution < -0.4 is 0 Å². The van der Waals surface area contributed by atoms with Gasteiger partial charge in [-0.15, -0.1) is 11.3 Å². The highest BCUT2D eigenvalue weighted by Gasteiger charge is 2.21. The van der Waals surface area contributed by atoms with Crippen LogP contribution in [0.25, 0.3) is 97.0 Å². The largest absolute Gasteiger partial charge is 0.456 e. The lowest BCUT2D eigenvalue weighted by atomic mass is 9.84. The second-order valence-electron chi connectivity index (χ2n) is 12.0. The molecule has 0 saturated carbocycles. The molecule has 0 saturated heterocycles. The molecule has 0 N–H and O–H groups in total.